The van der Waals surface area contributed by atoms with Crippen molar-refractivity contribution in [3.8, 4) is 0 Å². The number of rotatable bonds is 7. The summed E-state index contributed by atoms with van der Waals surface area (Å²) in [6.45, 7) is 1.53. The Balaban J connectivity index is 1.48. The zero-order valence-electron chi connectivity index (χ0n) is 18.9. The van der Waals surface area contributed by atoms with Gasteiger partial charge in [0, 0.05) is 35.6 Å². The number of nitrogens with zero attached hydrogens (tertiary/aromatic N) is 1. The lowest BCUT2D eigenvalue weighted by Gasteiger charge is -2.33. The third-order valence-electron chi connectivity index (χ3n) is 5.96. The standard InChI is InChI=1S/C24H25Cl2N2O5PS/c1-28-13-22(21-10-19(25)11-24(26)23(21)14-28)18-6-8-20(9-7-18)35(32,33)27-12-16-2-4-17(5-3-16)15-34(29,30)31/h2-11,22,27H,12-15H2,1H3,(H2,29,30,31). The molecule has 0 aliphatic carbocycles. The molecule has 0 bridgehead atoms. The average Bonchev–Trinajstić information content (AvgIpc) is 2.78. The molecule has 0 amide bonds. The average molecular weight is 555 g/mol. The maximum Gasteiger partial charge on any atom is 0.329 e. The first-order chi connectivity index (χ1) is 16.4. The van der Waals surface area contributed by atoms with Crippen LogP contribution in [0.1, 0.15) is 33.7 Å². The minimum Gasteiger partial charge on any atom is -0.324 e. The van der Waals surface area contributed by atoms with Crippen molar-refractivity contribution in [2.24, 2.45) is 0 Å². The number of sulfonamides is 1. The highest BCUT2D eigenvalue weighted by molar-refractivity contribution is 7.89. The largest absolute Gasteiger partial charge is 0.329 e. The molecule has 1 atom stereocenters. The minimum absolute atomic E-state index is 0.0105. The Bertz CT molecular complexity index is 1380. The van der Waals surface area contributed by atoms with E-state index >= 15 is 0 Å². The molecule has 0 saturated carbocycles. The van der Waals surface area contributed by atoms with E-state index in [9.17, 15) is 13.0 Å². The molecule has 0 spiro atoms. The van der Waals surface area contributed by atoms with Crippen LogP contribution in [0.5, 0.6) is 0 Å². The Labute approximate surface area is 214 Å². The van der Waals surface area contributed by atoms with Gasteiger partial charge >= 0.3 is 7.60 Å². The van der Waals surface area contributed by atoms with E-state index < -0.39 is 17.6 Å². The number of likely N-dealkylation sites (N-methyl/N-ethyl adjacent to an activating group) is 1. The summed E-state index contributed by atoms with van der Waals surface area (Å²) in [5, 5.41) is 1.20. The highest BCUT2D eigenvalue weighted by Gasteiger charge is 2.27. The molecule has 35 heavy (non-hydrogen) atoms. The smallest absolute Gasteiger partial charge is 0.324 e. The Kier molecular flexibility index (Phi) is 7.77. The molecule has 7 nitrogen and oxygen atoms in total. The molecule has 0 saturated heterocycles. The summed E-state index contributed by atoms with van der Waals surface area (Å²) in [7, 11) is -5.89. The second-order valence-electron chi connectivity index (χ2n) is 8.74. The molecule has 0 aromatic heterocycles. The van der Waals surface area contributed by atoms with E-state index in [2.05, 4.69) is 9.62 Å². The van der Waals surface area contributed by atoms with Crippen LogP contribution >= 0.6 is 30.8 Å². The van der Waals surface area contributed by atoms with Crippen molar-refractivity contribution in [1.82, 2.24) is 9.62 Å². The zero-order valence-corrected chi connectivity index (χ0v) is 22.1. The topological polar surface area (TPSA) is 107 Å². The second-order valence-corrected chi connectivity index (χ2v) is 13.0. The summed E-state index contributed by atoms with van der Waals surface area (Å²) >= 11 is 12.7. The molecule has 186 valence electrons. The lowest BCUT2D eigenvalue weighted by molar-refractivity contribution is 0.295. The van der Waals surface area contributed by atoms with Gasteiger partial charge in [-0.05, 0) is 59.1 Å². The summed E-state index contributed by atoms with van der Waals surface area (Å²) in [4.78, 5) is 20.5. The van der Waals surface area contributed by atoms with Crippen molar-refractivity contribution in [2.45, 2.75) is 30.1 Å². The van der Waals surface area contributed by atoms with Gasteiger partial charge in [-0.1, -0.05) is 59.6 Å². The quantitative estimate of drug-likeness (QED) is 0.364. The van der Waals surface area contributed by atoms with Crippen molar-refractivity contribution >= 4 is 40.8 Å². The second kappa shape index (κ2) is 10.3. The van der Waals surface area contributed by atoms with Gasteiger partial charge in [-0.3, -0.25) is 4.57 Å². The predicted molar refractivity (Wildman–Crippen MR) is 137 cm³/mol. The molecular formula is C24H25Cl2N2O5PS. The van der Waals surface area contributed by atoms with E-state index in [0.29, 0.717) is 21.2 Å². The van der Waals surface area contributed by atoms with E-state index in [0.717, 1.165) is 29.8 Å². The number of hydrogen-bond acceptors (Lipinski definition) is 4. The predicted octanol–water partition coefficient (Wildman–Crippen LogP) is 4.73. The van der Waals surface area contributed by atoms with E-state index in [1.54, 1.807) is 42.5 Å². The van der Waals surface area contributed by atoms with Gasteiger partial charge in [-0.15, -0.1) is 0 Å². The van der Waals surface area contributed by atoms with Crippen LogP contribution in [-0.2, 0) is 33.8 Å². The normalized spacial score (nSPS) is 16.8. The Morgan fingerprint density at radius 3 is 2.29 bits per heavy atom. The first kappa shape index (κ1) is 26.3. The van der Waals surface area contributed by atoms with Gasteiger partial charge in [0.25, 0.3) is 0 Å². The highest BCUT2D eigenvalue weighted by Crippen LogP contribution is 2.39. The fraction of sp³-hybridized carbons (Fsp3) is 0.250. The van der Waals surface area contributed by atoms with Gasteiger partial charge in [0.1, 0.15) is 0 Å². The Morgan fingerprint density at radius 1 is 1.03 bits per heavy atom. The van der Waals surface area contributed by atoms with Crippen molar-refractivity contribution in [1.29, 1.82) is 0 Å². The van der Waals surface area contributed by atoms with Crippen LogP contribution < -0.4 is 4.72 Å². The van der Waals surface area contributed by atoms with Gasteiger partial charge in [0.15, 0.2) is 0 Å². The van der Waals surface area contributed by atoms with Gasteiger partial charge in [0.2, 0.25) is 10.0 Å². The fourth-order valence-electron chi connectivity index (χ4n) is 4.27. The van der Waals surface area contributed by atoms with Crippen LogP contribution in [0.4, 0.5) is 0 Å². The van der Waals surface area contributed by atoms with Crippen LogP contribution in [0.25, 0.3) is 0 Å². The Hall–Kier alpha value is -1.74. The number of halogens is 2. The van der Waals surface area contributed by atoms with Crippen molar-refractivity contribution < 1.29 is 22.8 Å². The molecule has 11 heteroatoms. The molecule has 1 heterocycles. The summed E-state index contributed by atoms with van der Waals surface area (Å²) < 4.78 is 39.4. The summed E-state index contributed by atoms with van der Waals surface area (Å²) in [6, 6.07) is 16.9. The molecular weight excluding hydrogens is 530 g/mol. The number of benzene rings is 3. The first-order valence-corrected chi connectivity index (χ1v) is 14.8. The number of hydrogen-bond donors (Lipinski definition) is 3. The van der Waals surface area contributed by atoms with Crippen LogP contribution in [-0.4, -0.2) is 36.7 Å². The molecule has 0 fully saturated rings. The number of nitrogens with one attached hydrogen (secondary N) is 1. The maximum atomic E-state index is 12.8. The molecule has 3 N–H and O–H groups in total. The first-order valence-electron chi connectivity index (χ1n) is 10.8. The lowest BCUT2D eigenvalue weighted by Crippen LogP contribution is -2.31. The summed E-state index contributed by atoms with van der Waals surface area (Å²) in [5.41, 5.74) is 4.21. The summed E-state index contributed by atoms with van der Waals surface area (Å²) in [6.07, 6.45) is -0.356. The van der Waals surface area contributed by atoms with Crippen LogP contribution in [0.2, 0.25) is 10.0 Å². The van der Waals surface area contributed by atoms with Gasteiger partial charge < -0.3 is 14.7 Å². The van der Waals surface area contributed by atoms with Gasteiger partial charge in [-0.25, -0.2) is 13.1 Å². The third kappa shape index (κ3) is 6.53. The fourth-order valence-corrected chi connectivity index (χ4v) is 6.55. The molecule has 1 aliphatic rings. The van der Waals surface area contributed by atoms with Gasteiger partial charge in [0.05, 0.1) is 11.1 Å². The summed E-state index contributed by atoms with van der Waals surface area (Å²) in [5.74, 6) is 0.0105. The van der Waals surface area contributed by atoms with Crippen LogP contribution in [0.15, 0.2) is 65.6 Å². The zero-order chi connectivity index (χ0) is 25.4. The Morgan fingerprint density at radius 2 is 1.66 bits per heavy atom. The molecule has 1 unspecified atom stereocenters. The van der Waals surface area contributed by atoms with Crippen molar-refractivity contribution in [3.63, 3.8) is 0 Å². The van der Waals surface area contributed by atoms with Gasteiger partial charge in [-0.2, -0.15) is 0 Å². The SMILES string of the molecule is CN1Cc2c(Cl)cc(Cl)cc2C(c2ccc(S(=O)(=O)NCc3ccc(CP(=O)(O)O)cc3)cc2)C1. The lowest BCUT2D eigenvalue weighted by atomic mass is 9.85. The molecule has 3 aromatic rings. The van der Waals surface area contributed by atoms with E-state index in [1.807, 2.05) is 25.2 Å². The van der Waals surface area contributed by atoms with Crippen molar-refractivity contribution in [3.05, 3.63) is 98.5 Å². The van der Waals surface area contributed by atoms with E-state index in [-0.39, 0.29) is 23.5 Å². The number of fused-ring (bicyclic) bond motifs is 1. The molecule has 1 aliphatic heterocycles. The van der Waals surface area contributed by atoms with Crippen molar-refractivity contribution in [2.75, 3.05) is 13.6 Å². The molecule has 4 rings (SSSR count). The molecule has 3 aromatic carbocycles. The van der Waals surface area contributed by atoms with E-state index in [4.69, 9.17) is 33.0 Å². The third-order valence-corrected chi connectivity index (χ3v) is 8.71. The van der Waals surface area contributed by atoms with Crippen LogP contribution in [0.3, 0.4) is 0 Å². The van der Waals surface area contributed by atoms with E-state index in [1.165, 1.54) is 0 Å². The monoisotopic (exact) mass is 554 g/mol. The molecule has 0 radical (unpaired) electrons. The highest BCUT2D eigenvalue weighted by atomic mass is 35.5. The minimum atomic E-state index is -4.15. The van der Waals surface area contributed by atoms with Crippen LogP contribution in [0, 0.1) is 0 Å². The maximum absolute atomic E-state index is 12.8.